The zero-order valence-electron chi connectivity index (χ0n) is 14.4. The summed E-state index contributed by atoms with van der Waals surface area (Å²) in [6.07, 6.45) is 7.95. The van der Waals surface area contributed by atoms with Crippen molar-refractivity contribution < 1.29 is 4.74 Å². The maximum atomic E-state index is 5.48. The summed E-state index contributed by atoms with van der Waals surface area (Å²) in [6.45, 7) is 14.1. The van der Waals surface area contributed by atoms with E-state index in [1.54, 1.807) is 0 Å². The number of allylic oxidation sites excluding steroid dienone is 1. The molecule has 2 saturated heterocycles. The molecule has 1 unspecified atom stereocenters. The summed E-state index contributed by atoms with van der Waals surface area (Å²) < 4.78 is 7.52. The topological polar surface area (TPSA) is 33.5 Å². The highest BCUT2D eigenvalue weighted by molar-refractivity contribution is 5.16. The van der Waals surface area contributed by atoms with Gasteiger partial charge in [0, 0.05) is 43.5 Å². The fraction of sp³-hybridized carbons (Fsp3) is 0.722. The predicted octanol–water partition coefficient (Wildman–Crippen LogP) is 2.06. The van der Waals surface area contributed by atoms with E-state index in [0.29, 0.717) is 6.04 Å². The van der Waals surface area contributed by atoms with Crippen molar-refractivity contribution in [2.75, 3.05) is 39.4 Å². The van der Waals surface area contributed by atoms with E-state index in [1.807, 2.05) is 17.0 Å². The molecule has 1 aromatic rings. The van der Waals surface area contributed by atoms with Crippen LogP contribution < -0.4 is 0 Å². The molecular formula is C18H30N4O. The van der Waals surface area contributed by atoms with Crippen molar-refractivity contribution in [2.24, 2.45) is 0 Å². The minimum atomic E-state index is 0.670. The van der Waals surface area contributed by atoms with Crippen molar-refractivity contribution in [3.05, 3.63) is 30.1 Å². The van der Waals surface area contributed by atoms with Crippen LogP contribution in [0.4, 0.5) is 0 Å². The number of piperidine rings is 1. The summed E-state index contributed by atoms with van der Waals surface area (Å²) in [5.74, 6) is 0. The van der Waals surface area contributed by atoms with E-state index in [-0.39, 0.29) is 0 Å². The molecule has 0 radical (unpaired) electrons. The highest BCUT2D eigenvalue weighted by Crippen LogP contribution is 2.22. The predicted molar refractivity (Wildman–Crippen MR) is 92.5 cm³/mol. The molecule has 23 heavy (non-hydrogen) atoms. The third-order valence-corrected chi connectivity index (χ3v) is 5.20. The SMILES string of the molecule is C=CCn1ncc(CN2CCCCC2CN2CCOCC2)c1C. The number of ether oxygens (including phenoxy) is 1. The number of rotatable bonds is 6. The lowest BCUT2D eigenvalue weighted by atomic mass is 10.0. The van der Waals surface area contributed by atoms with Crippen LogP contribution in [0.3, 0.4) is 0 Å². The molecule has 0 bridgehead atoms. The molecule has 0 aromatic carbocycles. The standard InChI is InChI=1S/C18H30N4O/c1-3-7-22-16(2)17(13-19-22)14-21-8-5-4-6-18(21)15-20-9-11-23-12-10-20/h3,13,18H,1,4-12,14-15H2,2H3. The molecule has 2 aliphatic rings. The Bertz CT molecular complexity index is 507. The van der Waals surface area contributed by atoms with Gasteiger partial charge in [-0.05, 0) is 26.3 Å². The smallest absolute Gasteiger partial charge is 0.0594 e. The number of nitrogens with zero attached hydrogens (tertiary/aromatic N) is 4. The number of hydrogen-bond acceptors (Lipinski definition) is 4. The molecule has 5 nitrogen and oxygen atoms in total. The molecule has 2 fully saturated rings. The fourth-order valence-electron chi connectivity index (χ4n) is 3.72. The Balaban J connectivity index is 1.62. The summed E-state index contributed by atoms with van der Waals surface area (Å²) in [4.78, 5) is 5.24. The molecule has 1 aromatic heterocycles. The third kappa shape index (κ3) is 4.22. The zero-order valence-corrected chi connectivity index (χ0v) is 14.4. The summed E-state index contributed by atoms with van der Waals surface area (Å²) in [6, 6.07) is 0.670. The number of morpholine rings is 1. The van der Waals surface area contributed by atoms with Crippen LogP contribution in [0.5, 0.6) is 0 Å². The summed E-state index contributed by atoms with van der Waals surface area (Å²) >= 11 is 0. The lowest BCUT2D eigenvalue weighted by Crippen LogP contribution is -2.49. The normalized spacial score (nSPS) is 24.0. The number of likely N-dealkylation sites (tertiary alicyclic amines) is 1. The van der Waals surface area contributed by atoms with Gasteiger partial charge in [-0.25, -0.2) is 0 Å². The lowest BCUT2D eigenvalue weighted by Gasteiger charge is -2.39. The second kappa shape index (κ2) is 8.08. The van der Waals surface area contributed by atoms with E-state index in [1.165, 1.54) is 43.6 Å². The molecule has 0 saturated carbocycles. The Kier molecular flexibility index (Phi) is 5.86. The molecule has 0 aliphatic carbocycles. The molecular weight excluding hydrogens is 288 g/mol. The quantitative estimate of drug-likeness (QED) is 0.752. The van der Waals surface area contributed by atoms with E-state index >= 15 is 0 Å². The van der Waals surface area contributed by atoms with Crippen LogP contribution >= 0.6 is 0 Å². The Morgan fingerprint density at radius 2 is 2.13 bits per heavy atom. The maximum Gasteiger partial charge on any atom is 0.0594 e. The van der Waals surface area contributed by atoms with Crippen molar-refractivity contribution in [3.8, 4) is 0 Å². The molecule has 1 atom stereocenters. The zero-order chi connectivity index (χ0) is 16.1. The average Bonchev–Trinajstić information content (AvgIpc) is 2.91. The van der Waals surface area contributed by atoms with Gasteiger partial charge in [0.2, 0.25) is 0 Å². The van der Waals surface area contributed by atoms with Crippen LogP contribution in [-0.4, -0.2) is 65.0 Å². The van der Waals surface area contributed by atoms with Crippen LogP contribution in [0.25, 0.3) is 0 Å². The van der Waals surface area contributed by atoms with Gasteiger partial charge in [0.25, 0.3) is 0 Å². The Hall–Kier alpha value is -1.17. The van der Waals surface area contributed by atoms with Crippen LogP contribution in [0.1, 0.15) is 30.5 Å². The Morgan fingerprint density at radius 1 is 1.30 bits per heavy atom. The minimum Gasteiger partial charge on any atom is -0.379 e. The molecule has 0 N–H and O–H groups in total. The van der Waals surface area contributed by atoms with Crippen LogP contribution in [-0.2, 0) is 17.8 Å². The van der Waals surface area contributed by atoms with Gasteiger partial charge in [-0.2, -0.15) is 5.10 Å². The molecule has 0 spiro atoms. The van der Waals surface area contributed by atoms with Gasteiger partial charge in [-0.1, -0.05) is 12.5 Å². The maximum absolute atomic E-state index is 5.48. The van der Waals surface area contributed by atoms with E-state index in [9.17, 15) is 0 Å². The Labute approximate surface area is 139 Å². The van der Waals surface area contributed by atoms with Crippen molar-refractivity contribution in [3.63, 3.8) is 0 Å². The van der Waals surface area contributed by atoms with Crippen LogP contribution in [0.15, 0.2) is 18.9 Å². The van der Waals surface area contributed by atoms with Gasteiger partial charge in [0.05, 0.1) is 26.0 Å². The first kappa shape index (κ1) is 16.7. The first-order valence-corrected chi connectivity index (χ1v) is 8.94. The van der Waals surface area contributed by atoms with Gasteiger partial charge < -0.3 is 4.74 Å². The first-order chi connectivity index (χ1) is 11.3. The fourth-order valence-corrected chi connectivity index (χ4v) is 3.72. The third-order valence-electron chi connectivity index (χ3n) is 5.20. The van der Waals surface area contributed by atoms with Gasteiger partial charge in [-0.3, -0.25) is 14.5 Å². The molecule has 0 amide bonds. The minimum absolute atomic E-state index is 0.670. The van der Waals surface area contributed by atoms with Gasteiger partial charge in [0.1, 0.15) is 0 Å². The van der Waals surface area contributed by atoms with Gasteiger partial charge in [0.15, 0.2) is 0 Å². The molecule has 5 heteroatoms. The second-order valence-electron chi connectivity index (χ2n) is 6.76. The van der Waals surface area contributed by atoms with Crippen molar-refractivity contribution in [1.82, 2.24) is 19.6 Å². The first-order valence-electron chi connectivity index (χ1n) is 8.94. The van der Waals surface area contributed by atoms with Gasteiger partial charge >= 0.3 is 0 Å². The van der Waals surface area contributed by atoms with Crippen LogP contribution in [0.2, 0.25) is 0 Å². The van der Waals surface area contributed by atoms with Crippen LogP contribution in [0, 0.1) is 6.92 Å². The van der Waals surface area contributed by atoms with E-state index in [4.69, 9.17) is 4.74 Å². The molecule has 2 aliphatic heterocycles. The molecule has 3 rings (SSSR count). The highest BCUT2D eigenvalue weighted by atomic mass is 16.5. The van der Waals surface area contributed by atoms with E-state index in [0.717, 1.165) is 39.4 Å². The average molecular weight is 318 g/mol. The number of hydrogen-bond donors (Lipinski definition) is 0. The lowest BCUT2D eigenvalue weighted by molar-refractivity contribution is 0.0153. The van der Waals surface area contributed by atoms with E-state index in [2.05, 4.69) is 28.4 Å². The summed E-state index contributed by atoms with van der Waals surface area (Å²) in [5, 5.41) is 4.50. The van der Waals surface area contributed by atoms with Gasteiger partial charge in [-0.15, -0.1) is 6.58 Å². The molecule has 128 valence electrons. The largest absolute Gasteiger partial charge is 0.379 e. The van der Waals surface area contributed by atoms with Crippen molar-refractivity contribution in [1.29, 1.82) is 0 Å². The van der Waals surface area contributed by atoms with Crippen molar-refractivity contribution >= 4 is 0 Å². The molecule has 3 heterocycles. The summed E-state index contributed by atoms with van der Waals surface area (Å²) in [5.41, 5.74) is 2.64. The Morgan fingerprint density at radius 3 is 2.91 bits per heavy atom. The highest BCUT2D eigenvalue weighted by Gasteiger charge is 2.26. The van der Waals surface area contributed by atoms with Crippen molar-refractivity contribution in [2.45, 2.75) is 45.3 Å². The summed E-state index contributed by atoms with van der Waals surface area (Å²) in [7, 11) is 0. The second-order valence-corrected chi connectivity index (χ2v) is 6.76. The van der Waals surface area contributed by atoms with E-state index < -0.39 is 0 Å². The number of aromatic nitrogens is 2. The monoisotopic (exact) mass is 318 g/mol.